The van der Waals surface area contributed by atoms with Crippen molar-refractivity contribution < 1.29 is 37.7 Å². The van der Waals surface area contributed by atoms with Crippen molar-refractivity contribution in [3.8, 4) is 0 Å². The van der Waals surface area contributed by atoms with Crippen LogP contribution < -0.4 is 42.9 Å². The van der Waals surface area contributed by atoms with Crippen LogP contribution in [0.25, 0.3) is 33.0 Å². The number of nitrogens with zero attached hydrogens (tertiary/aromatic N) is 4. The Morgan fingerprint density at radius 2 is 1.71 bits per heavy atom. The van der Waals surface area contributed by atoms with E-state index in [0.29, 0.717) is 43.9 Å². The van der Waals surface area contributed by atoms with E-state index in [2.05, 4.69) is 36.2 Å². The second kappa shape index (κ2) is 14.7. The Morgan fingerprint density at radius 1 is 1.02 bits per heavy atom. The van der Waals surface area contributed by atoms with E-state index < -0.39 is 37.9 Å². The summed E-state index contributed by atoms with van der Waals surface area (Å²) in [6.07, 6.45) is -0.501. The van der Waals surface area contributed by atoms with Crippen molar-refractivity contribution in [1.29, 1.82) is 0 Å². The van der Waals surface area contributed by atoms with Crippen LogP contribution in [0.2, 0.25) is 0 Å². The lowest BCUT2D eigenvalue weighted by Gasteiger charge is -2.34. The van der Waals surface area contributed by atoms with Crippen LogP contribution in [0, 0.1) is 0 Å². The Hall–Kier alpha value is -4.84. The van der Waals surface area contributed by atoms with Crippen LogP contribution in [0.4, 0.5) is 23.3 Å². The molecule has 1 unspecified atom stereocenters. The van der Waals surface area contributed by atoms with Crippen molar-refractivity contribution in [3.05, 3.63) is 52.8 Å². The molecule has 0 radical (unpaired) electrons. The number of phosphoric acid groups is 1. The van der Waals surface area contributed by atoms with E-state index in [1.165, 1.54) is 4.57 Å². The van der Waals surface area contributed by atoms with Crippen LogP contribution in [0.3, 0.4) is 0 Å². The van der Waals surface area contributed by atoms with Crippen LogP contribution >= 0.6 is 7.82 Å². The van der Waals surface area contributed by atoms with Crippen LogP contribution in [0.5, 0.6) is 0 Å². The standard InChI is InChI=1S/C33H41N10O8P/c34-20-9-7-18-14-19-8-10-21(35)16-23(19)42(22(18)15-20)13-5-6-25(44)37-11-3-1-2-4-12-38-33-39-26-29(40-32(36)41-30(26)46)43(33)31-27(45)28-24(50-31)17-49-52(47,48)51-28/h7-10,14-16,24,27-28,31,45H,1-6,11-13,17H2,(H9,34,35,36,37,38,39,40,41,44,46,47,48)/t24-,27-,28-,31-/m1/s1. The zero-order chi connectivity index (χ0) is 36.6. The zero-order valence-corrected chi connectivity index (χ0v) is 29.1. The number of aromatic amines is 1. The summed E-state index contributed by atoms with van der Waals surface area (Å²) in [6, 6.07) is 13.8. The fourth-order valence-corrected chi connectivity index (χ4v) is 7.75. The van der Waals surface area contributed by atoms with Gasteiger partial charge < -0.3 is 51.6 Å². The van der Waals surface area contributed by atoms with Gasteiger partial charge in [0.2, 0.25) is 28.8 Å². The average molecular weight is 737 g/mol. The number of hydrogen-bond donors (Lipinski definition) is 7. The number of amides is 1. The van der Waals surface area contributed by atoms with Gasteiger partial charge in [-0.3, -0.25) is 23.7 Å². The summed E-state index contributed by atoms with van der Waals surface area (Å²) in [7, 11) is -4.60. The van der Waals surface area contributed by atoms with Gasteiger partial charge in [-0.05, 0) is 43.2 Å². The second-order valence-electron chi connectivity index (χ2n) is 13.0. The SMILES string of the molecule is Nc1ccc2cc3ccc(N)cc3[n+](CCCC(=O)NCCCCCCNc3nc4c(=O)[nH]c(N)nc4n3[C@@H]3O[C@@H]4COP(=O)([O-])O[C@H]4[C@H]3O)c2c1. The number of H-pyrrole nitrogens is 1. The number of aryl methyl sites for hydroxylation is 1. The van der Waals surface area contributed by atoms with Gasteiger partial charge in [-0.1, -0.05) is 12.8 Å². The smallest absolute Gasteiger partial charge is 0.280 e. The molecular formula is C33H41N10O8P. The summed E-state index contributed by atoms with van der Waals surface area (Å²) < 4.78 is 31.0. The number of ether oxygens (including phenoxy) is 1. The Labute approximate surface area is 296 Å². The molecule has 5 atom stereocenters. The molecule has 276 valence electrons. The Balaban J connectivity index is 0.883. The molecule has 10 N–H and O–H groups in total. The Kier molecular flexibility index (Phi) is 10.0. The molecule has 0 aliphatic carbocycles. The minimum Gasteiger partial charge on any atom is -0.756 e. The van der Waals surface area contributed by atoms with Crippen molar-refractivity contribution in [3.63, 3.8) is 0 Å². The maximum atomic E-state index is 12.7. The fraction of sp³-hybridized carbons (Fsp3) is 0.424. The predicted octanol–water partition coefficient (Wildman–Crippen LogP) is 1.17. The maximum Gasteiger partial charge on any atom is 0.280 e. The van der Waals surface area contributed by atoms with Crippen LogP contribution in [-0.4, -0.2) is 68.5 Å². The van der Waals surface area contributed by atoms with Gasteiger partial charge in [-0.25, -0.2) is 4.98 Å². The predicted molar refractivity (Wildman–Crippen MR) is 191 cm³/mol. The van der Waals surface area contributed by atoms with Gasteiger partial charge in [0.1, 0.15) is 24.9 Å². The van der Waals surface area contributed by atoms with Crippen molar-refractivity contribution in [1.82, 2.24) is 24.8 Å². The van der Waals surface area contributed by atoms with Crippen molar-refractivity contribution in [2.75, 3.05) is 42.2 Å². The molecule has 0 bridgehead atoms. The molecule has 52 heavy (non-hydrogen) atoms. The molecule has 3 aromatic heterocycles. The van der Waals surface area contributed by atoms with Gasteiger partial charge in [-0.15, -0.1) is 0 Å². The molecule has 0 saturated carbocycles. The monoisotopic (exact) mass is 736 g/mol. The molecule has 5 aromatic rings. The van der Waals surface area contributed by atoms with Crippen LogP contribution in [-0.2, 0) is 29.7 Å². The number of imidazole rings is 1. The lowest BCUT2D eigenvalue weighted by atomic mass is 10.1. The first-order valence-electron chi connectivity index (χ1n) is 17.1. The normalized spacial score (nSPS) is 23.0. The summed E-state index contributed by atoms with van der Waals surface area (Å²) in [4.78, 5) is 48.1. The second-order valence-corrected chi connectivity index (χ2v) is 14.4. The number of pyridine rings is 1. The number of benzene rings is 2. The van der Waals surface area contributed by atoms with Gasteiger partial charge in [0.15, 0.2) is 17.4 Å². The number of carbonyl (C=O) groups excluding carboxylic acids is 1. The van der Waals surface area contributed by atoms with E-state index in [1.807, 2.05) is 36.4 Å². The van der Waals surface area contributed by atoms with Gasteiger partial charge in [0.05, 0.1) is 6.61 Å². The van der Waals surface area contributed by atoms with E-state index in [4.69, 9.17) is 31.0 Å². The number of aromatic nitrogens is 5. The maximum absolute atomic E-state index is 12.7. The number of nitrogens with two attached hydrogens (primary N) is 3. The molecule has 18 nitrogen and oxygen atoms in total. The highest BCUT2D eigenvalue weighted by Crippen LogP contribution is 2.50. The number of carbonyl (C=O) groups is 1. The molecule has 2 saturated heterocycles. The Bertz CT molecular complexity index is 2190. The first-order chi connectivity index (χ1) is 25.0. The number of hydrogen-bond acceptors (Lipinski definition) is 14. The van der Waals surface area contributed by atoms with Gasteiger partial charge in [-0.2, -0.15) is 9.55 Å². The van der Waals surface area contributed by atoms with E-state index in [9.17, 15) is 24.2 Å². The number of phosphoric ester groups is 1. The number of rotatable bonds is 13. The summed E-state index contributed by atoms with van der Waals surface area (Å²) in [5, 5.41) is 19.3. The first-order valence-corrected chi connectivity index (χ1v) is 18.6. The number of nitrogens with one attached hydrogen (secondary N) is 3. The summed E-state index contributed by atoms with van der Waals surface area (Å²) in [6.45, 7) is 1.30. The van der Waals surface area contributed by atoms with Gasteiger partial charge >= 0.3 is 0 Å². The van der Waals surface area contributed by atoms with E-state index in [0.717, 1.165) is 47.5 Å². The molecular weight excluding hydrogens is 695 g/mol. The average Bonchev–Trinajstić information content (AvgIpc) is 3.61. The molecule has 2 aliphatic heterocycles. The number of unbranched alkanes of at least 4 members (excludes halogenated alkanes) is 3. The Morgan fingerprint density at radius 3 is 2.42 bits per heavy atom. The van der Waals surface area contributed by atoms with Crippen molar-refractivity contribution in [2.24, 2.45) is 0 Å². The van der Waals surface area contributed by atoms with E-state index >= 15 is 0 Å². The summed E-state index contributed by atoms with van der Waals surface area (Å²) in [5.41, 5.74) is 20.7. The van der Waals surface area contributed by atoms with Gasteiger partial charge in [0.25, 0.3) is 13.4 Å². The third-order valence-electron chi connectivity index (χ3n) is 9.28. The third-order valence-corrected chi connectivity index (χ3v) is 10.2. The van der Waals surface area contributed by atoms with Crippen LogP contribution in [0.15, 0.2) is 47.3 Å². The molecule has 2 fully saturated rings. The minimum atomic E-state index is -4.60. The van der Waals surface area contributed by atoms with Crippen molar-refractivity contribution >= 4 is 70.0 Å². The molecule has 1 amide bonds. The van der Waals surface area contributed by atoms with E-state index in [-0.39, 0.29) is 35.6 Å². The molecule has 19 heteroatoms. The molecule has 5 heterocycles. The topological polar surface area (TPSA) is 275 Å². The first kappa shape index (κ1) is 35.6. The number of aliphatic hydroxyl groups is 1. The highest BCUT2D eigenvalue weighted by Gasteiger charge is 2.51. The number of fused-ring (bicyclic) bond motifs is 4. The number of aliphatic hydroxyl groups excluding tert-OH is 1. The molecule has 2 aliphatic rings. The van der Waals surface area contributed by atoms with Gasteiger partial charge in [0, 0.05) is 60.2 Å². The largest absolute Gasteiger partial charge is 0.756 e. The lowest BCUT2D eigenvalue weighted by molar-refractivity contribution is -0.645. The third kappa shape index (κ3) is 7.39. The zero-order valence-electron chi connectivity index (χ0n) is 28.2. The van der Waals surface area contributed by atoms with Crippen LogP contribution in [0.1, 0.15) is 44.8 Å². The molecule has 0 spiro atoms. The minimum absolute atomic E-state index is 0.0137. The summed E-state index contributed by atoms with van der Waals surface area (Å²) in [5.74, 6) is 0.000859. The van der Waals surface area contributed by atoms with E-state index in [1.54, 1.807) is 0 Å². The molecule has 2 aromatic carbocycles. The molecule has 7 rings (SSSR count). The fourth-order valence-electron chi connectivity index (χ4n) is 6.80. The highest BCUT2D eigenvalue weighted by atomic mass is 31.2. The number of nitrogen functional groups attached to an aromatic ring is 3. The highest BCUT2D eigenvalue weighted by molar-refractivity contribution is 7.45. The quantitative estimate of drug-likeness (QED) is 0.0294. The summed E-state index contributed by atoms with van der Waals surface area (Å²) >= 11 is 0. The van der Waals surface area contributed by atoms with Crippen molar-refractivity contribution in [2.45, 2.75) is 69.6 Å². The number of anilines is 4. The lowest BCUT2D eigenvalue weighted by Crippen LogP contribution is -2.41.